The molecule has 2 aliphatic rings. The van der Waals surface area contributed by atoms with Crippen LogP contribution in [0.4, 0.5) is 0 Å². The van der Waals surface area contributed by atoms with Gasteiger partial charge in [0.15, 0.2) is 0 Å². The summed E-state index contributed by atoms with van der Waals surface area (Å²) in [5.41, 5.74) is 1.16. The second kappa shape index (κ2) is 8.37. The van der Waals surface area contributed by atoms with Gasteiger partial charge in [0.2, 0.25) is 17.7 Å². The van der Waals surface area contributed by atoms with Crippen molar-refractivity contribution in [2.24, 2.45) is 11.8 Å². The maximum Gasteiger partial charge on any atom is 0.233 e. The molecular weight excluding hydrogens is 344 g/mol. The van der Waals surface area contributed by atoms with Gasteiger partial charge in [-0.3, -0.25) is 19.3 Å². The van der Waals surface area contributed by atoms with Crippen molar-refractivity contribution in [3.63, 3.8) is 0 Å². The number of imide groups is 1. The molecule has 144 valence electrons. The van der Waals surface area contributed by atoms with Crippen LogP contribution in [0.15, 0.2) is 36.4 Å². The molecule has 0 bridgehead atoms. The third-order valence-electron chi connectivity index (χ3n) is 5.09. The van der Waals surface area contributed by atoms with Gasteiger partial charge >= 0.3 is 0 Å². The Kier molecular flexibility index (Phi) is 5.94. The molecule has 0 radical (unpaired) electrons. The van der Waals surface area contributed by atoms with Crippen LogP contribution in [0.3, 0.4) is 0 Å². The van der Waals surface area contributed by atoms with Gasteiger partial charge in [0.25, 0.3) is 0 Å². The van der Waals surface area contributed by atoms with Crippen LogP contribution in [0.5, 0.6) is 5.75 Å². The van der Waals surface area contributed by atoms with Crippen molar-refractivity contribution in [2.75, 3.05) is 13.2 Å². The summed E-state index contributed by atoms with van der Waals surface area (Å²) in [5.74, 6) is -0.203. The van der Waals surface area contributed by atoms with E-state index >= 15 is 0 Å². The molecule has 3 atom stereocenters. The van der Waals surface area contributed by atoms with Crippen LogP contribution in [0, 0.1) is 18.8 Å². The number of ether oxygens (including phenoxy) is 1. The SMILES string of the molecule is Cc1ccc(OCC(C)NC(=O)CCN2C(=O)[C@H]3CC=CC[C@H]3C2=O)cc1. The highest BCUT2D eigenvalue weighted by molar-refractivity contribution is 6.05. The second-order valence-corrected chi connectivity index (χ2v) is 7.33. The molecule has 1 saturated heterocycles. The van der Waals surface area contributed by atoms with E-state index in [0.717, 1.165) is 11.3 Å². The molecule has 1 unspecified atom stereocenters. The molecule has 27 heavy (non-hydrogen) atoms. The number of likely N-dealkylation sites (tertiary alicyclic amines) is 1. The molecule has 3 rings (SSSR count). The summed E-state index contributed by atoms with van der Waals surface area (Å²) in [7, 11) is 0. The number of benzene rings is 1. The van der Waals surface area contributed by atoms with Crippen LogP contribution in [0.1, 0.15) is 31.7 Å². The van der Waals surface area contributed by atoms with Crippen LogP contribution < -0.4 is 10.1 Å². The van der Waals surface area contributed by atoms with Crippen LogP contribution in [-0.2, 0) is 14.4 Å². The van der Waals surface area contributed by atoms with E-state index < -0.39 is 0 Å². The molecule has 1 fully saturated rings. The monoisotopic (exact) mass is 370 g/mol. The molecule has 0 aromatic heterocycles. The lowest BCUT2D eigenvalue weighted by atomic mass is 9.85. The van der Waals surface area contributed by atoms with Gasteiger partial charge in [-0.25, -0.2) is 0 Å². The summed E-state index contributed by atoms with van der Waals surface area (Å²) in [6.45, 7) is 4.36. The lowest BCUT2D eigenvalue weighted by Crippen LogP contribution is -2.40. The molecule has 1 N–H and O–H groups in total. The fourth-order valence-electron chi connectivity index (χ4n) is 3.55. The summed E-state index contributed by atoms with van der Waals surface area (Å²) in [4.78, 5) is 38.2. The Morgan fingerprint density at radius 2 is 1.74 bits per heavy atom. The fourth-order valence-corrected chi connectivity index (χ4v) is 3.55. The van der Waals surface area contributed by atoms with E-state index in [1.165, 1.54) is 4.90 Å². The zero-order valence-corrected chi connectivity index (χ0v) is 15.8. The Bertz CT molecular complexity index is 715. The highest BCUT2D eigenvalue weighted by Gasteiger charge is 2.46. The zero-order chi connectivity index (χ0) is 19.4. The van der Waals surface area contributed by atoms with E-state index in [1.54, 1.807) is 0 Å². The van der Waals surface area contributed by atoms with Gasteiger partial charge in [0, 0.05) is 13.0 Å². The van der Waals surface area contributed by atoms with Gasteiger partial charge in [-0.05, 0) is 38.8 Å². The fraction of sp³-hybridized carbons (Fsp3) is 0.476. The van der Waals surface area contributed by atoms with Crippen molar-refractivity contribution in [2.45, 2.75) is 39.2 Å². The number of carbonyl (C=O) groups excluding carboxylic acids is 3. The summed E-state index contributed by atoms with van der Waals surface area (Å²) in [6.07, 6.45) is 5.26. The van der Waals surface area contributed by atoms with Gasteiger partial charge in [-0.1, -0.05) is 29.8 Å². The number of allylic oxidation sites excluding steroid dienone is 2. The summed E-state index contributed by atoms with van der Waals surface area (Å²) >= 11 is 0. The molecule has 6 heteroatoms. The zero-order valence-electron chi connectivity index (χ0n) is 15.8. The lowest BCUT2D eigenvalue weighted by molar-refractivity contribution is -0.140. The van der Waals surface area contributed by atoms with Crippen molar-refractivity contribution in [1.82, 2.24) is 10.2 Å². The number of hydrogen-bond acceptors (Lipinski definition) is 4. The highest BCUT2D eigenvalue weighted by Crippen LogP contribution is 2.34. The Balaban J connectivity index is 1.42. The number of fused-ring (bicyclic) bond motifs is 1. The highest BCUT2D eigenvalue weighted by atomic mass is 16.5. The average molecular weight is 370 g/mol. The predicted octanol–water partition coefficient (Wildman–Crippen LogP) is 2.22. The van der Waals surface area contributed by atoms with E-state index in [9.17, 15) is 14.4 Å². The first-order valence-corrected chi connectivity index (χ1v) is 9.44. The minimum atomic E-state index is -0.243. The molecule has 1 aromatic rings. The van der Waals surface area contributed by atoms with E-state index in [1.807, 2.05) is 50.3 Å². The third kappa shape index (κ3) is 4.56. The molecule has 0 saturated carbocycles. The normalized spacial score (nSPS) is 22.5. The maximum absolute atomic E-state index is 12.4. The number of hydrogen-bond donors (Lipinski definition) is 1. The van der Waals surface area contributed by atoms with E-state index in [-0.39, 0.29) is 48.6 Å². The number of nitrogens with one attached hydrogen (secondary N) is 1. The molecular formula is C21H26N2O4. The van der Waals surface area contributed by atoms with Crippen molar-refractivity contribution >= 4 is 17.7 Å². The molecule has 1 aliphatic carbocycles. The summed E-state index contributed by atoms with van der Waals surface area (Å²) in [6, 6.07) is 7.55. The molecule has 1 heterocycles. The van der Waals surface area contributed by atoms with Gasteiger partial charge in [0.05, 0.1) is 17.9 Å². The Hall–Kier alpha value is -2.63. The Labute approximate surface area is 159 Å². The van der Waals surface area contributed by atoms with Crippen molar-refractivity contribution in [3.05, 3.63) is 42.0 Å². The molecule has 6 nitrogen and oxygen atoms in total. The first-order valence-electron chi connectivity index (χ1n) is 9.44. The van der Waals surface area contributed by atoms with Crippen LogP contribution >= 0.6 is 0 Å². The van der Waals surface area contributed by atoms with Gasteiger partial charge in [0.1, 0.15) is 12.4 Å². The topological polar surface area (TPSA) is 75.7 Å². The Morgan fingerprint density at radius 1 is 1.15 bits per heavy atom. The smallest absolute Gasteiger partial charge is 0.233 e. The number of rotatable bonds is 7. The largest absolute Gasteiger partial charge is 0.491 e. The van der Waals surface area contributed by atoms with Crippen LogP contribution in [0.25, 0.3) is 0 Å². The standard InChI is InChI=1S/C21H26N2O4/c1-14-7-9-16(10-8-14)27-13-15(2)22-19(24)11-12-23-20(25)17-5-3-4-6-18(17)21(23)26/h3-4,7-10,15,17-18H,5-6,11-13H2,1-2H3,(H,22,24)/t15?,17-,18+. The quantitative estimate of drug-likeness (QED) is 0.590. The lowest BCUT2D eigenvalue weighted by Gasteiger charge is -2.17. The minimum Gasteiger partial charge on any atom is -0.491 e. The van der Waals surface area contributed by atoms with Gasteiger partial charge in [-0.2, -0.15) is 0 Å². The average Bonchev–Trinajstić information content (AvgIpc) is 2.90. The molecule has 1 aromatic carbocycles. The second-order valence-electron chi connectivity index (χ2n) is 7.33. The van der Waals surface area contributed by atoms with Crippen molar-refractivity contribution < 1.29 is 19.1 Å². The molecule has 3 amide bonds. The van der Waals surface area contributed by atoms with Crippen molar-refractivity contribution in [1.29, 1.82) is 0 Å². The number of nitrogens with zero attached hydrogens (tertiary/aromatic N) is 1. The number of aryl methyl sites for hydroxylation is 1. The minimum absolute atomic E-state index is 0.110. The summed E-state index contributed by atoms with van der Waals surface area (Å²) in [5, 5.41) is 2.85. The first-order chi connectivity index (χ1) is 13.0. The summed E-state index contributed by atoms with van der Waals surface area (Å²) < 4.78 is 5.66. The van der Waals surface area contributed by atoms with E-state index in [4.69, 9.17) is 4.74 Å². The van der Waals surface area contributed by atoms with Crippen LogP contribution in [-0.4, -0.2) is 41.8 Å². The van der Waals surface area contributed by atoms with Crippen LogP contribution in [0.2, 0.25) is 0 Å². The van der Waals surface area contributed by atoms with Crippen molar-refractivity contribution in [3.8, 4) is 5.75 Å². The number of carbonyl (C=O) groups is 3. The third-order valence-corrected chi connectivity index (χ3v) is 5.09. The van der Waals surface area contributed by atoms with Gasteiger partial charge in [-0.15, -0.1) is 0 Å². The first kappa shape index (κ1) is 19.1. The van der Waals surface area contributed by atoms with Gasteiger partial charge < -0.3 is 10.1 Å². The Morgan fingerprint density at radius 3 is 2.33 bits per heavy atom. The van der Waals surface area contributed by atoms with E-state index in [2.05, 4.69) is 5.32 Å². The van der Waals surface area contributed by atoms with E-state index in [0.29, 0.717) is 19.4 Å². The maximum atomic E-state index is 12.4. The molecule has 0 spiro atoms. The predicted molar refractivity (Wildman–Crippen MR) is 101 cm³/mol. The molecule has 1 aliphatic heterocycles. The number of amides is 3.